The smallest absolute Gasteiger partial charge is 0.255 e. The number of aromatic amines is 1. The number of amides is 1. The molecule has 0 saturated carbocycles. The Kier molecular flexibility index (Phi) is 8.39. The van der Waals surface area contributed by atoms with Crippen molar-refractivity contribution in [3.63, 3.8) is 0 Å². The largest absolute Gasteiger partial charge is 0.382 e. The van der Waals surface area contributed by atoms with E-state index in [1.54, 1.807) is 18.3 Å². The standard InChI is InChI=1S/C31H30ClN7O/c1-39(2)17-6-5-16-33-22-14-12-21(13-15-22)30(40)36-23-8-7-9-24(18-23)37-31-35-20-27(32)29(38-31)26-19-34-28-11-4-3-10-25(26)28/h3-15,18-20,33-34H,16-17H2,1-2H3,(H,36,40)(H,35,37,38)/b6-5+. The third-order valence-corrected chi connectivity index (χ3v) is 6.45. The number of para-hydroxylation sites is 1. The Balaban J connectivity index is 1.23. The molecule has 2 heterocycles. The van der Waals surface area contributed by atoms with E-state index in [0.717, 1.165) is 40.9 Å². The van der Waals surface area contributed by atoms with E-state index in [4.69, 9.17) is 11.6 Å². The first kappa shape index (κ1) is 26.9. The molecule has 0 bridgehead atoms. The van der Waals surface area contributed by atoms with Crippen LogP contribution in [-0.2, 0) is 0 Å². The number of nitrogens with zero attached hydrogens (tertiary/aromatic N) is 3. The molecule has 0 fully saturated rings. The molecule has 2 aromatic heterocycles. The molecule has 9 heteroatoms. The van der Waals surface area contributed by atoms with Crippen molar-refractivity contribution in [1.29, 1.82) is 0 Å². The molecule has 5 aromatic rings. The average Bonchev–Trinajstić information content (AvgIpc) is 3.38. The van der Waals surface area contributed by atoms with Crippen LogP contribution in [0.4, 0.5) is 23.0 Å². The summed E-state index contributed by atoms with van der Waals surface area (Å²) in [5.41, 5.74) is 5.42. The molecule has 0 atom stereocenters. The maximum Gasteiger partial charge on any atom is 0.255 e. The lowest BCUT2D eigenvalue weighted by molar-refractivity contribution is 0.102. The van der Waals surface area contributed by atoms with Crippen LogP contribution in [-0.4, -0.2) is 52.9 Å². The van der Waals surface area contributed by atoms with Crippen LogP contribution in [0.3, 0.4) is 0 Å². The maximum absolute atomic E-state index is 12.9. The van der Waals surface area contributed by atoms with E-state index >= 15 is 0 Å². The van der Waals surface area contributed by atoms with Crippen molar-refractivity contribution in [2.24, 2.45) is 0 Å². The molecule has 0 radical (unpaired) electrons. The minimum atomic E-state index is -0.195. The first-order chi connectivity index (χ1) is 19.5. The summed E-state index contributed by atoms with van der Waals surface area (Å²) in [5.74, 6) is 0.201. The molecule has 0 spiro atoms. The fraction of sp³-hybridized carbons (Fsp3) is 0.129. The summed E-state index contributed by atoms with van der Waals surface area (Å²) in [6, 6.07) is 22.8. The average molecular weight is 552 g/mol. The molecule has 0 unspecified atom stereocenters. The van der Waals surface area contributed by atoms with Crippen molar-refractivity contribution in [3.8, 4) is 11.3 Å². The number of carbonyl (C=O) groups excluding carboxylic acids is 1. The zero-order valence-electron chi connectivity index (χ0n) is 22.3. The second-order valence-corrected chi connectivity index (χ2v) is 9.90. The first-order valence-corrected chi connectivity index (χ1v) is 13.3. The van der Waals surface area contributed by atoms with Crippen molar-refractivity contribution in [2.75, 3.05) is 43.1 Å². The Morgan fingerprint density at radius 3 is 2.60 bits per heavy atom. The lowest BCUT2D eigenvalue weighted by Crippen LogP contribution is -2.12. The number of carbonyl (C=O) groups is 1. The van der Waals surface area contributed by atoms with Crippen LogP contribution in [0.2, 0.25) is 5.02 Å². The third-order valence-electron chi connectivity index (χ3n) is 6.17. The summed E-state index contributed by atoms with van der Waals surface area (Å²) >= 11 is 6.47. The lowest BCUT2D eigenvalue weighted by atomic mass is 10.1. The number of halogens is 1. The molecule has 0 aliphatic heterocycles. The topological polar surface area (TPSA) is 98.0 Å². The van der Waals surface area contributed by atoms with Gasteiger partial charge in [0.1, 0.15) is 0 Å². The summed E-state index contributed by atoms with van der Waals surface area (Å²) in [7, 11) is 4.06. The van der Waals surface area contributed by atoms with Crippen LogP contribution in [0.25, 0.3) is 22.2 Å². The SMILES string of the molecule is CN(C)C/C=C/CNc1ccc(C(=O)Nc2cccc(Nc3ncc(Cl)c(-c4c[nH]c5ccccc45)n3)c2)cc1. The minimum absolute atomic E-state index is 0.195. The number of anilines is 4. The lowest BCUT2D eigenvalue weighted by Gasteiger charge is -2.11. The fourth-order valence-electron chi connectivity index (χ4n) is 4.18. The normalized spacial score (nSPS) is 11.3. The van der Waals surface area contributed by atoms with Gasteiger partial charge in [-0.25, -0.2) is 9.97 Å². The van der Waals surface area contributed by atoms with Gasteiger partial charge in [-0.05, 0) is 62.6 Å². The summed E-state index contributed by atoms with van der Waals surface area (Å²) < 4.78 is 0. The minimum Gasteiger partial charge on any atom is -0.382 e. The van der Waals surface area contributed by atoms with Crippen molar-refractivity contribution in [2.45, 2.75) is 0 Å². The molecule has 3 aromatic carbocycles. The second-order valence-electron chi connectivity index (χ2n) is 9.49. The van der Waals surface area contributed by atoms with Gasteiger partial charge in [-0.3, -0.25) is 4.79 Å². The van der Waals surface area contributed by atoms with Crippen LogP contribution >= 0.6 is 11.6 Å². The van der Waals surface area contributed by atoms with Crippen molar-refractivity contribution in [3.05, 3.63) is 108 Å². The summed E-state index contributed by atoms with van der Waals surface area (Å²) in [6.45, 7) is 1.62. The fourth-order valence-corrected chi connectivity index (χ4v) is 4.37. The van der Waals surface area contributed by atoms with Crippen molar-refractivity contribution < 1.29 is 4.79 Å². The summed E-state index contributed by atoms with van der Waals surface area (Å²) in [5, 5.41) is 11.0. The van der Waals surface area contributed by atoms with Gasteiger partial charge in [0.05, 0.1) is 16.9 Å². The van der Waals surface area contributed by atoms with Gasteiger partial charge in [0, 0.05) is 58.4 Å². The van der Waals surface area contributed by atoms with Gasteiger partial charge in [-0.2, -0.15) is 0 Å². The van der Waals surface area contributed by atoms with Gasteiger partial charge >= 0.3 is 0 Å². The van der Waals surface area contributed by atoms with Gasteiger partial charge in [0.25, 0.3) is 5.91 Å². The van der Waals surface area contributed by atoms with Crippen LogP contribution < -0.4 is 16.0 Å². The number of rotatable bonds is 10. The quantitative estimate of drug-likeness (QED) is 0.142. The van der Waals surface area contributed by atoms with Gasteiger partial charge in [-0.15, -0.1) is 0 Å². The van der Waals surface area contributed by atoms with Gasteiger partial charge in [0.2, 0.25) is 5.95 Å². The van der Waals surface area contributed by atoms with E-state index in [-0.39, 0.29) is 5.91 Å². The highest BCUT2D eigenvalue weighted by molar-refractivity contribution is 6.33. The highest BCUT2D eigenvalue weighted by Crippen LogP contribution is 2.32. The molecule has 0 saturated heterocycles. The van der Waals surface area contributed by atoms with E-state index < -0.39 is 0 Å². The summed E-state index contributed by atoms with van der Waals surface area (Å²) in [6.07, 6.45) is 7.67. The molecule has 4 N–H and O–H groups in total. The zero-order chi connectivity index (χ0) is 27.9. The molecule has 8 nitrogen and oxygen atoms in total. The molecular weight excluding hydrogens is 522 g/mol. The molecular formula is C31H30ClN7O. The molecule has 40 heavy (non-hydrogen) atoms. The Morgan fingerprint density at radius 2 is 1.77 bits per heavy atom. The van der Waals surface area contributed by atoms with Crippen LogP contribution in [0, 0.1) is 0 Å². The van der Waals surface area contributed by atoms with Gasteiger partial charge in [-0.1, -0.05) is 48.0 Å². The predicted molar refractivity (Wildman–Crippen MR) is 165 cm³/mol. The summed E-state index contributed by atoms with van der Waals surface area (Å²) in [4.78, 5) is 27.2. The van der Waals surface area contributed by atoms with Gasteiger partial charge < -0.3 is 25.8 Å². The van der Waals surface area contributed by atoms with Crippen LogP contribution in [0.5, 0.6) is 0 Å². The monoisotopic (exact) mass is 551 g/mol. The molecule has 1 amide bonds. The number of likely N-dealkylation sites (N-methyl/N-ethyl adjacent to an activating group) is 1. The van der Waals surface area contributed by atoms with Crippen molar-refractivity contribution >= 4 is 51.4 Å². The number of aromatic nitrogens is 3. The van der Waals surface area contributed by atoms with E-state index in [1.807, 2.05) is 81.0 Å². The van der Waals surface area contributed by atoms with E-state index in [0.29, 0.717) is 27.9 Å². The van der Waals surface area contributed by atoms with Crippen LogP contribution in [0.1, 0.15) is 10.4 Å². The Hall–Kier alpha value is -4.66. The molecule has 5 rings (SSSR count). The highest BCUT2D eigenvalue weighted by Gasteiger charge is 2.13. The number of fused-ring (bicyclic) bond motifs is 1. The highest BCUT2D eigenvalue weighted by atomic mass is 35.5. The number of H-pyrrole nitrogens is 1. The number of hydrogen-bond donors (Lipinski definition) is 4. The second kappa shape index (κ2) is 12.5. The molecule has 202 valence electrons. The Labute approximate surface area is 238 Å². The van der Waals surface area contributed by atoms with E-state index in [9.17, 15) is 4.79 Å². The molecule has 0 aliphatic carbocycles. The number of hydrogen-bond acceptors (Lipinski definition) is 6. The van der Waals surface area contributed by atoms with E-state index in [2.05, 4.69) is 48.0 Å². The number of benzene rings is 3. The Morgan fingerprint density at radius 1 is 0.975 bits per heavy atom. The third kappa shape index (κ3) is 6.66. The molecule has 0 aliphatic rings. The van der Waals surface area contributed by atoms with Crippen molar-refractivity contribution in [1.82, 2.24) is 19.9 Å². The number of nitrogens with one attached hydrogen (secondary N) is 4. The first-order valence-electron chi connectivity index (χ1n) is 12.9. The maximum atomic E-state index is 12.9. The van der Waals surface area contributed by atoms with Gasteiger partial charge in [0.15, 0.2) is 0 Å². The van der Waals surface area contributed by atoms with Crippen LogP contribution in [0.15, 0.2) is 97.3 Å². The Bertz CT molecular complexity index is 1640. The predicted octanol–water partition coefficient (Wildman–Crippen LogP) is 6.80. The van der Waals surface area contributed by atoms with E-state index in [1.165, 1.54) is 0 Å². The zero-order valence-corrected chi connectivity index (χ0v) is 23.0.